The normalized spacial score (nSPS) is 12.9. The van der Waals surface area contributed by atoms with Crippen molar-refractivity contribution in [2.75, 3.05) is 50.8 Å². The molecule has 3 aromatic rings. The van der Waals surface area contributed by atoms with Crippen LogP contribution in [0.5, 0.6) is 5.75 Å². The molecule has 0 saturated carbocycles. The van der Waals surface area contributed by atoms with Gasteiger partial charge in [0.1, 0.15) is 12.4 Å². The van der Waals surface area contributed by atoms with Crippen molar-refractivity contribution in [2.24, 2.45) is 0 Å². The fraction of sp³-hybridized carbons (Fsp3) is 0.387. The van der Waals surface area contributed by atoms with Crippen LogP contribution in [0, 0.1) is 25.2 Å². The van der Waals surface area contributed by atoms with E-state index in [4.69, 9.17) is 26.7 Å². The van der Waals surface area contributed by atoms with Crippen LogP contribution in [-0.2, 0) is 6.42 Å². The Labute approximate surface area is 227 Å². The number of anilines is 1. The van der Waals surface area contributed by atoms with E-state index in [0.717, 1.165) is 44.8 Å². The lowest BCUT2D eigenvalue weighted by Crippen LogP contribution is -2.47. The predicted octanol–water partition coefficient (Wildman–Crippen LogP) is 6.28. The summed E-state index contributed by atoms with van der Waals surface area (Å²) in [7, 11) is 0. The van der Waals surface area contributed by atoms with E-state index >= 15 is 0 Å². The van der Waals surface area contributed by atoms with Crippen molar-refractivity contribution in [2.45, 2.75) is 34.1 Å². The second kappa shape index (κ2) is 16.7. The van der Waals surface area contributed by atoms with Gasteiger partial charge >= 0.3 is 0 Å². The molecule has 0 spiro atoms. The molecule has 4 rings (SSSR count). The van der Waals surface area contributed by atoms with E-state index in [1.165, 1.54) is 16.7 Å². The second-order valence-electron chi connectivity index (χ2n) is 8.73. The van der Waals surface area contributed by atoms with Gasteiger partial charge in [-0.3, -0.25) is 4.90 Å². The summed E-state index contributed by atoms with van der Waals surface area (Å²) in [5, 5.41) is 18.4. The largest absolute Gasteiger partial charge is 0.491 e. The van der Waals surface area contributed by atoms with Gasteiger partial charge in [0.05, 0.1) is 28.9 Å². The summed E-state index contributed by atoms with van der Waals surface area (Å²) in [5.74, 6) is 0.679. The second-order valence-corrected chi connectivity index (χ2v) is 9.13. The zero-order valence-corrected chi connectivity index (χ0v) is 23.3. The number of rotatable bonds is 7. The summed E-state index contributed by atoms with van der Waals surface area (Å²) in [6, 6.07) is 24.2. The van der Waals surface area contributed by atoms with Crippen molar-refractivity contribution in [3.05, 3.63) is 94.0 Å². The van der Waals surface area contributed by atoms with Gasteiger partial charge in [-0.05, 0) is 50.1 Å². The lowest BCUT2D eigenvalue weighted by molar-refractivity contribution is 0.201. The van der Waals surface area contributed by atoms with Crippen molar-refractivity contribution in [1.29, 1.82) is 5.26 Å². The molecule has 37 heavy (non-hydrogen) atoms. The fourth-order valence-electron chi connectivity index (χ4n) is 3.88. The van der Waals surface area contributed by atoms with Gasteiger partial charge in [-0.2, -0.15) is 5.26 Å². The van der Waals surface area contributed by atoms with E-state index in [-0.39, 0.29) is 13.2 Å². The first kappa shape index (κ1) is 30.2. The van der Waals surface area contributed by atoms with Gasteiger partial charge in [-0.25, -0.2) is 0 Å². The Hall–Kier alpha value is -3.04. The maximum Gasteiger partial charge on any atom is 0.121 e. The molecule has 0 amide bonds. The summed E-state index contributed by atoms with van der Waals surface area (Å²) in [6.45, 7) is 13.3. The smallest absolute Gasteiger partial charge is 0.121 e. The molecule has 3 aromatic carbocycles. The van der Waals surface area contributed by atoms with Crippen LogP contribution < -0.4 is 9.64 Å². The lowest BCUT2D eigenvalue weighted by atomic mass is 10.1. The standard InChI is InChI=1S/C21H24ClN3O2.C8H10.C2H6/c22-20-15-19(27-14-13-26)5-6-21(20)25-11-9-24(10-12-25)8-7-17-1-3-18(16-23)4-2-17;1-7-3-5-8(2)6-4-7;1-2/h1-6,15,26H,7-14H2;3-6H,1-2H3;1-2H3. The summed E-state index contributed by atoms with van der Waals surface area (Å²) in [4.78, 5) is 4.76. The van der Waals surface area contributed by atoms with E-state index < -0.39 is 0 Å². The molecule has 1 heterocycles. The minimum Gasteiger partial charge on any atom is -0.491 e. The molecule has 1 saturated heterocycles. The molecule has 198 valence electrons. The Morgan fingerprint density at radius 2 is 1.49 bits per heavy atom. The predicted molar refractivity (Wildman–Crippen MR) is 155 cm³/mol. The first-order chi connectivity index (χ1) is 18.0. The van der Waals surface area contributed by atoms with Crippen molar-refractivity contribution >= 4 is 17.3 Å². The highest BCUT2D eigenvalue weighted by Crippen LogP contribution is 2.30. The van der Waals surface area contributed by atoms with Crippen LogP contribution in [0.3, 0.4) is 0 Å². The number of aliphatic hydroxyl groups excluding tert-OH is 1. The highest BCUT2D eigenvalue weighted by Gasteiger charge is 2.19. The highest BCUT2D eigenvalue weighted by atomic mass is 35.5. The molecule has 0 unspecified atom stereocenters. The lowest BCUT2D eigenvalue weighted by Gasteiger charge is -2.36. The van der Waals surface area contributed by atoms with Crippen molar-refractivity contribution < 1.29 is 9.84 Å². The molecule has 0 aromatic heterocycles. The molecule has 6 heteroatoms. The fourth-order valence-corrected chi connectivity index (χ4v) is 4.17. The maximum absolute atomic E-state index is 8.86. The number of ether oxygens (including phenoxy) is 1. The third-order valence-electron chi connectivity index (χ3n) is 6.01. The Balaban J connectivity index is 0.000000406. The zero-order chi connectivity index (χ0) is 27.0. The Morgan fingerprint density at radius 1 is 0.892 bits per heavy atom. The van der Waals surface area contributed by atoms with E-state index in [1.54, 1.807) is 0 Å². The number of piperazine rings is 1. The molecule has 1 aliphatic rings. The van der Waals surface area contributed by atoms with Crippen molar-refractivity contribution in [3.63, 3.8) is 0 Å². The first-order valence-corrected chi connectivity index (χ1v) is 13.4. The van der Waals surface area contributed by atoms with Gasteiger partial charge in [0.15, 0.2) is 0 Å². The number of aryl methyl sites for hydroxylation is 2. The van der Waals surface area contributed by atoms with Crippen molar-refractivity contribution in [3.8, 4) is 11.8 Å². The topological polar surface area (TPSA) is 59.7 Å². The van der Waals surface area contributed by atoms with Crippen molar-refractivity contribution in [1.82, 2.24) is 4.90 Å². The Morgan fingerprint density at radius 3 is 2.00 bits per heavy atom. The first-order valence-electron chi connectivity index (χ1n) is 13.0. The van der Waals surface area contributed by atoms with Crippen LogP contribution in [-0.4, -0.2) is 55.9 Å². The molecule has 0 aliphatic carbocycles. The van der Waals surface area contributed by atoms with E-state index in [9.17, 15) is 0 Å². The van der Waals surface area contributed by atoms with Gasteiger partial charge in [0.25, 0.3) is 0 Å². The summed E-state index contributed by atoms with van der Waals surface area (Å²) < 4.78 is 5.40. The summed E-state index contributed by atoms with van der Waals surface area (Å²) >= 11 is 6.42. The van der Waals surface area contributed by atoms with Gasteiger partial charge in [-0.1, -0.05) is 73.0 Å². The molecule has 0 radical (unpaired) electrons. The number of nitrogens with zero attached hydrogens (tertiary/aromatic N) is 3. The van der Waals surface area contributed by atoms with E-state index in [0.29, 0.717) is 16.3 Å². The molecule has 1 fully saturated rings. The number of aliphatic hydroxyl groups is 1. The van der Waals surface area contributed by atoms with Crippen LogP contribution >= 0.6 is 11.6 Å². The molecule has 0 bridgehead atoms. The third-order valence-corrected chi connectivity index (χ3v) is 6.31. The monoisotopic (exact) mass is 521 g/mol. The minimum atomic E-state index is -0.0101. The number of nitriles is 1. The SMILES string of the molecule is CC.Cc1ccc(C)cc1.N#Cc1ccc(CCN2CCN(c3ccc(OCCO)cc3Cl)CC2)cc1. The molecule has 0 atom stereocenters. The average Bonchev–Trinajstić information content (AvgIpc) is 2.94. The van der Waals surface area contributed by atoms with Gasteiger partial charge in [0.2, 0.25) is 0 Å². The van der Waals surface area contributed by atoms with Crippen LogP contribution in [0.15, 0.2) is 66.7 Å². The molecule has 1 aliphatic heterocycles. The van der Waals surface area contributed by atoms with E-state index in [2.05, 4.69) is 54.0 Å². The molecular formula is C31H40ClN3O2. The summed E-state index contributed by atoms with van der Waals surface area (Å²) in [5.41, 5.74) is 5.65. The Kier molecular flexibility index (Phi) is 13.6. The van der Waals surface area contributed by atoms with E-state index in [1.807, 2.05) is 56.3 Å². The van der Waals surface area contributed by atoms with Gasteiger partial charge in [0, 0.05) is 38.8 Å². The molecule has 1 N–H and O–H groups in total. The van der Waals surface area contributed by atoms with Crippen LogP contribution in [0.4, 0.5) is 5.69 Å². The van der Waals surface area contributed by atoms with Gasteiger partial charge in [-0.15, -0.1) is 0 Å². The van der Waals surface area contributed by atoms with Crippen LogP contribution in [0.1, 0.15) is 36.1 Å². The number of benzene rings is 3. The molecular weight excluding hydrogens is 482 g/mol. The van der Waals surface area contributed by atoms with Crippen LogP contribution in [0.25, 0.3) is 0 Å². The third kappa shape index (κ3) is 10.5. The zero-order valence-electron chi connectivity index (χ0n) is 22.6. The van der Waals surface area contributed by atoms with Gasteiger partial charge < -0.3 is 14.7 Å². The summed E-state index contributed by atoms with van der Waals surface area (Å²) in [6.07, 6.45) is 0.989. The highest BCUT2D eigenvalue weighted by molar-refractivity contribution is 6.33. The number of hydrogen-bond acceptors (Lipinski definition) is 5. The minimum absolute atomic E-state index is 0.0101. The van der Waals surface area contributed by atoms with Crippen LogP contribution in [0.2, 0.25) is 5.02 Å². The maximum atomic E-state index is 8.86. The average molecular weight is 522 g/mol. The number of halogens is 1. The number of hydrogen-bond donors (Lipinski definition) is 1. The molecule has 5 nitrogen and oxygen atoms in total. The quantitative estimate of drug-likeness (QED) is 0.396. The Bertz CT molecular complexity index is 1070.